The summed E-state index contributed by atoms with van der Waals surface area (Å²) in [5.41, 5.74) is 3.35. The Hall–Kier alpha value is -2.30. The van der Waals surface area contributed by atoms with Gasteiger partial charge in [0.15, 0.2) is 0 Å². The van der Waals surface area contributed by atoms with E-state index in [9.17, 15) is 4.79 Å². The van der Waals surface area contributed by atoms with Gasteiger partial charge in [-0.15, -0.1) is 0 Å². The summed E-state index contributed by atoms with van der Waals surface area (Å²) >= 11 is 12.7. The zero-order valence-corrected chi connectivity index (χ0v) is 16.6. The molecule has 0 aliphatic carbocycles. The molecule has 0 bridgehead atoms. The summed E-state index contributed by atoms with van der Waals surface area (Å²) in [6.45, 7) is 6.46. The summed E-state index contributed by atoms with van der Waals surface area (Å²) in [6.07, 6.45) is 1.51. The number of carbonyl (C=O) groups excluding carboxylic acids is 1. The molecule has 0 atom stereocenters. The first-order valence-corrected chi connectivity index (χ1v) is 9.53. The lowest BCUT2D eigenvalue weighted by Crippen LogP contribution is -2.25. The van der Waals surface area contributed by atoms with Gasteiger partial charge in [0.1, 0.15) is 5.82 Å². The number of hydrogen-bond acceptors (Lipinski definition) is 2. The Kier molecular flexibility index (Phi) is 6.19. The monoisotopic (exact) mass is 401 g/mol. The molecular weight excluding hydrogens is 381 g/mol. The third-order valence-corrected chi connectivity index (χ3v) is 5.07. The summed E-state index contributed by atoms with van der Waals surface area (Å²) in [4.78, 5) is 16.4. The van der Waals surface area contributed by atoms with Crippen molar-refractivity contribution in [2.45, 2.75) is 26.3 Å². The number of hydrogen-bond donors (Lipinski definition) is 1. The number of para-hydroxylation sites is 2. The van der Waals surface area contributed by atoms with E-state index in [4.69, 9.17) is 28.2 Å². The Morgan fingerprint density at radius 3 is 2.56 bits per heavy atom. The fourth-order valence-corrected chi connectivity index (χ4v) is 3.45. The molecule has 0 saturated heterocycles. The topological polar surface area (TPSA) is 46.9 Å². The van der Waals surface area contributed by atoms with Crippen LogP contribution >= 0.6 is 23.2 Å². The zero-order valence-electron chi connectivity index (χ0n) is 15.1. The van der Waals surface area contributed by atoms with Gasteiger partial charge in [0.2, 0.25) is 5.91 Å². The number of halogens is 2. The Labute approximate surface area is 168 Å². The molecule has 140 valence electrons. The van der Waals surface area contributed by atoms with Gasteiger partial charge in [-0.1, -0.05) is 48.0 Å². The van der Waals surface area contributed by atoms with Crippen molar-refractivity contribution in [2.24, 2.45) is 0 Å². The van der Waals surface area contributed by atoms with E-state index in [0.29, 0.717) is 28.7 Å². The molecule has 0 aliphatic heterocycles. The molecule has 1 aromatic heterocycles. The predicted molar refractivity (Wildman–Crippen MR) is 111 cm³/mol. The summed E-state index contributed by atoms with van der Waals surface area (Å²) < 4.78 is 2.14. The van der Waals surface area contributed by atoms with Crippen LogP contribution in [0.2, 0.25) is 10.0 Å². The number of aromatic nitrogens is 2. The van der Waals surface area contributed by atoms with Crippen LogP contribution in [0.15, 0.2) is 54.6 Å². The molecule has 0 fully saturated rings. The van der Waals surface area contributed by atoms with Gasteiger partial charge in [0.05, 0.1) is 17.6 Å². The highest BCUT2D eigenvalue weighted by Crippen LogP contribution is 2.27. The van der Waals surface area contributed by atoms with Crippen molar-refractivity contribution in [3.63, 3.8) is 0 Å². The molecule has 0 unspecified atom stereocenters. The number of amides is 1. The molecule has 4 nitrogen and oxygen atoms in total. The quantitative estimate of drug-likeness (QED) is 0.446. The molecule has 1 N–H and O–H groups in total. The third kappa shape index (κ3) is 4.52. The number of benzene rings is 2. The molecule has 0 spiro atoms. The molecule has 27 heavy (non-hydrogen) atoms. The van der Waals surface area contributed by atoms with Crippen LogP contribution in [0.25, 0.3) is 11.0 Å². The molecule has 1 heterocycles. The molecular formula is C21H21Cl2N3O. The van der Waals surface area contributed by atoms with Crippen LogP contribution in [-0.2, 0) is 17.8 Å². The maximum absolute atomic E-state index is 11.6. The van der Waals surface area contributed by atoms with E-state index in [-0.39, 0.29) is 5.91 Å². The Bertz CT molecular complexity index is 974. The molecule has 2 aromatic carbocycles. The maximum Gasteiger partial charge on any atom is 0.246 e. The van der Waals surface area contributed by atoms with Crippen LogP contribution in [0.5, 0.6) is 0 Å². The second kappa shape index (κ2) is 8.59. The van der Waals surface area contributed by atoms with Crippen LogP contribution in [0.3, 0.4) is 0 Å². The van der Waals surface area contributed by atoms with Gasteiger partial charge in [-0.05, 0) is 37.6 Å². The molecule has 1 amide bonds. The van der Waals surface area contributed by atoms with Gasteiger partial charge < -0.3 is 9.88 Å². The van der Waals surface area contributed by atoms with Crippen LogP contribution < -0.4 is 5.32 Å². The first kappa shape index (κ1) is 19.5. The smallest absolute Gasteiger partial charge is 0.246 e. The number of nitrogens with one attached hydrogen (secondary N) is 1. The van der Waals surface area contributed by atoms with E-state index in [2.05, 4.69) is 16.5 Å². The van der Waals surface area contributed by atoms with Gasteiger partial charge in [0.25, 0.3) is 0 Å². The molecule has 0 saturated carbocycles. The normalized spacial score (nSPS) is 10.9. The summed E-state index contributed by atoms with van der Waals surface area (Å²) in [5.74, 6) is 0.822. The maximum atomic E-state index is 11.6. The number of fused-ring (bicyclic) bond motifs is 1. The Balaban J connectivity index is 1.84. The van der Waals surface area contributed by atoms with E-state index in [0.717, 1.165) is 35.3 Å². The number of nitrogens with zero attached hydrogens (tertiary/aromatic N) is 2. The van der Waals surface area contributed by atoms with Crippen LogP contribution in [0.1, 0.15) is 24.7 Å². The second-order valence-electron chi connectivity index (χ2n) is 6.44. The highest BCUT2D eigenvalue weighted by Gasteiger charge is 2.14. The highest BCUT2D eigenvalue weighted by molar-refractivity contribution is 6.36. The first-order valence-electron chi connectivity index (χ1n) is 8.78. The lowest BCUT2D eigenvalue weighted by atomic mass is 10.2. The number of rotatable bonds is 7. The Morgan fingerprint density at radius 2 is 1.85 bits per heavy atom. The fourth-order valence-electron chi connectivity index (χ4n) is 2.93. The van der Waals surface area contributed by atoms with Crippen molar-refractivity contribution in [1.29, 1.82) is 0 Å². The molecule has 0 radical (unpaired) electrons. The lowest BCUT2D eigenvalue weighted by molar-refractivity contribution is -0.117. The minimum atomic E-state index is -0.119. The van der Waals surface area contributed by atoms with Crippen molar-refractivity contribution in [2.75, 3.05) is 6.54 Å². The summed E-state index contributed by atoms with van der Waals surface area (Å²) in [6, 6.07) is 13.5. The summed E-state index contributed by atoms with van der Waals surface area (Å²) in [7, 11) is 0. The van der Waals surface area contributed by atoms with E-state index < -0.39 is 0 Å². The molecule has 3 aromatic rings. The fraction of sp³-hybridized carbons (Fsp3) is 0.238. The van der Waals surface area contributed by atoms with E-state index in [1.807, 2.05) is 42.5 Å². The number of aryl methyl sites for hydroxylation is 1. The molecule has 3 rings (SSSR count). The average molecular weight is 402 g/mol. The van der Waals surface area contributed by atoms with Gasteiger partial charge in [-0.25, -0.2) is 4.98 Å². The van der Waals surface area contributed by atoms with Gasteiger partial charge >= 0.3 is 0 Å². The van der Waals surface area contributed by atoms with Crippen molar-refractivity contribution in [1.82, 2.24) is 14.9 Å². The lowest BCUT2D eigenvalue weighted by Gasteiger charge is -2.12. The van der Waals surface area contributed by atoms with Crippen molar-refractivity contribution in [3.05, 3.63) is 76.0 Å². The predicted octanol–water partition coefficient (Wildman–Crippen LogP) is 5.02. The Morgan fingerprint density at radius 1 is 1.15 bits per heavy atom. The summed E-state index contributed by atoms with van der Waals surface area (Å²) in [5, 5.41) is 4.13. The van der Waals surface area contributed by atoms with Crippen LogP contribution in [0, 0.1) is 0 Å². The van der Waals surface area contributed by atoms with Crippen LogP contribution in [-0.4, -0.2) is 22.0 Å². The zero-order chi connectivity index (χ0) is 19.4. The SMILES string of the molecule is C=C(C)C(=O)NCCCc1nc2ccccc2n1Cc1c(Cl)cccc1Cl. The minimum absolute atomic E-state index is 0.119. The van der Waals surface area contributed by atoms with Crippen molar-refractivity contribution >= 4 is 40.1 Å². The van der Waals surface area contributed by atoms with E-state index >= 15 is 0 Å². The first-order chi connectivity index (χ1) is 13.0. The minimum Gasteiger partial charge on any atom is -0.352 e. The van der Waals surface area contributed by atoms with Crippen LogP contribution in [0.4, 0.5) is 0 Å². The van der Waals surface area contributed by atoms with E-state index in [1.165, 1.54) is 0 Å². The van der Waals surface area contributed by atoms with E-state index in [1.54, 1.807) is 6.92 Å². The number of imidazole rings is 1. The molecule has 0 aliphatic rings. The largest absolute Gasteiger partial charge is 0.352 e. The average Bonchev–Trinajstić information content (AvgIpc) is 2.99. The number of carbonyl (C=O) groups is 1. The molecule has 6 heteroatoms. The van der Waals surface area contributed by atoms with Crippen molar-refractivity contribution < 1.29 is 4.79 Å². The van der Waals surface area contributed by atoms with Gasteiger partial charge in [0, 0.05) is 34.1 Å². The van der Waals surface area contributed by atoms with Gasteiger partial charge in [-0.3, -0.25) is 4.79 Å². The standard InChI is InChI=1S/C21H21Cl2N3O/c1-14(2)21(27)24-12-6-11-20-25-18-9-3-4-10-19(18)26(20)13-15-16(22)7-5-8-17(15)23/h3-5,7-10H,1,6,11-13H2,2H3,(H,24,27). The van der Waals surface area contributed by atoms with Gasteiger partial charge in [-0.2, -0.15) is 0 Å². The second-order valence-corrected chi connectivity index (χ2v) is 7.26. The van der Waals surface area contributed by atoms with Crippen molar-refractivity contribution in [3.8, 4) is 0 Å². The third-order valence-electron chi connectivity index (χ3n) is 4.36. The highest BCUT2D eigenvalue weighted by atomic mass is 35.5.